The van der Waals surface area contributed by atoms with Gasteiger partial charge in [0.15, 0.2) is 0 Å². The van der Waals surface area contributed by atoms with Crippen molar-refractivity contribution in [3.8, 4) is 0 Å². The summed E-state index contributed by atoms with van der Waals surface area (Å²) in [5.41, 5.74) is 0. The van der Waals surface area contributed by atoms with Crippen LogP contribution in [0, 0.1) is 6.42 Å². The van der Waals surface area contributed by atoms with E-state index in [0.717, 1.165) is 0 Å². The van der Waals surface area contributed by atoms with Crippen molar-refractivity contribution in [1.29, 1.82) is 0 Å². The maximum atomic E-state index is 2.39. The minimum absolute atomic E-state index is 0. The normalized spacial score (nSPS) is 20.6. The molecule has 0 heterocycles. The van der Waals surface area contributed by atoms with Gasteiger partial charge in [0.2, 0.25) is 0 Å². The minimum Gasteiger partial charge on any atom is -0.147 e. The first-order valence-electron chi connectivity index (χ1n) is 2.82. The predicted molar refractivity (Wildman–Crippen MR) is 34.6 cm³/mol. The molecule has 1 radical (unpaired) electrons. The average molecular weight is 120 g/mol. The topological polar surface area (TPSA) is 0 Å². The van der Waals surface area contributed by atoms with E-state index in [9.17, 15) is 0 Å². The van der Waals surface area contributed by atoms with Crippen LogP contribution in [0.4, 0.5) is 0 Å². The van der Waals surface area contributed by atoms with Crippen LogP contribution in [0.15, 0.2) is 0 Å². The van der Waals surface area contributed by atoms with Gasteiger partial charge < -0.3 is 0 Å². The van der Waals surface area contributed by atoms with Crippen LogP contribution in [0.25, 0.3) is 0 Å². The van der Waals surface area contributed by atoms with Crippen LogP contribution in [0.2, 0.25) is 0 Å². The molecule has 0 atom stereocenters. The maximum absolute atomic E-state index is 2.39. The van der Waals surface area contributed by atoms with Gasteiger partial charge in [-0.05, 0) is 6.42 Å². The minimum atomic E-state index is 0. The van der Waals surface area contributed by atoms with Gasteiger partial charge in [-0.3, -0.25) is 0 Å². The summed E-state index contributed by atoms with van der Waals surface area (Å²) in [7, 11) is 0. The highest BCUT2D eigenvalue weighted by atomic mass is 35.5. The molecular formula is C6H12Cl. The van der Waals surface area contributed by atoms with Crippen LogP contribution in [-0.2, 0) is 0 Å². The third kappa shape index (κ3) is 2.93. The molecule has 1 aliphatic rings. The Morgan fingerprint density at radius 1 is 0.857 bits per heavy atom. The molecule has 0 spiro atoms. The first kappa shape index (κ1) is 7.29. The Hall–Kier alpha value is 0.290. The lowest BCUT2D eigenvalue weighted by Crippen LogP contribution is -1.87. The molecule has 0 unspecified atom stereocenters. The maximum Gasteiger partial charge on any atom is -0.0386 e. The molecule has 1 heteroatoms. The van der Waals surface area contributed by atoms with E-state index in [0.29, 0.717) is 0 Å². The van der Waals surface area contributed by atoms with Crippen molar-refractivity contribution < 1.29 is 0 Å². The molecule has 0 aromatic rings. The smallest absolute Gasteiger partial charge is 0.0386 e. The van der Waals surface area contributed by atoms with Gasteiger partial charge >= 0.3 is 0 Å². The van der Waals surface area contributed by atoms with Crippen molar-refractivity contribution >= 4 is 12.4 Å². The fourth-order valence-corrected chi connectivity index (χ4v) is 0.898. The van der Waals surface area contributed by atoms with Crippen LogP contribution in [0.1, 0.15) is 32.1 Å². The van der Waals surface area contributed by atoms with Gasteiger partial charge in [0.25, 0.3) is 0 Å². The Morgan fingerprint density at radius 2 is 1.43 bits per heavy atom. The van der Waals surface area contributed by atoms with Crippen LogP contribution < -0.4 is 0 Å². The monoisotopic (exact) mass is 119 g/mol. The summed E-state index contributed by atoms with van der Waals surface area (Å²) in [6.07, 6.45) is 9.50. The third-order valence-corrected chi connectivity index (χ3v) is 1.32. The molecule has 0 bridgehead atoms. The van der Waals surface area contributed by atoms with Crippen molar-refractivity contribution in [2.75, 3.05) is 0 Å². The van der Waals surface area contributed by atoms with Crippen molar-refractivity contribution in [1.82, 2.24) is 0 Å². The van der Waals surface area contributed by atoms with Crippen molar-refractivity contribution in [2.24, 2.45) is 0 Å². The zero-order chi connectivity index (χ0) is 4.24. The largest absolute Gasteiger partial charge is 0.147 e. The van der Waals surface area contributed by atoms with Gasteiger partial charge in [0.05, 0.1) is 0 Å². The van der Waals surface area contributed by atoms with Crippen LogP contribution in [0.5, 0.6) is 0 Å². The molecule has 0 nitrogen and oxygen atoms in total. The molecule has 0 saturated heterocycles. The highest BCUT2D eigenvalue weighted by Gasteiger charge is 1.95. The Kier molecular flexibility index (Phi) is 4.63. The molecular weight excluding hydrogens is 108 g/mol. The second-order valence-corrected chi connectivity index (χ2v) is 1.93. The number of hydrogen-bond acceptors (Lipinski definition) is 0. The van der Waals surface area contributed by atoms with Crippen molar-refractivity contribution in [3.05, 3.63) is 6.42 Å². The van der Waals surface area contributed by atoms with Crippen molar-refractivity contribution in [3.63, 3.8) is 0 Å². The summed E-state index contributed by atoms with van der Waals surface area (Å²) in [6, 6.07) is 0. The van der Waals surface area contributed by atoms with Gasteiger partial charge in [-0.15, -0.1) is 12.4 Å². The first-order valence-corrected chi connectivity index (χ1v) is 2.82. The number of halogens is 1. The van der Waals surface area contributed by atoms with Gasteiger partial charge in [0, 0.05) is 0 Å². The second-order valence-electron chi connectivity index (χ2n) is 1.93. The highest BCUT2D eigenvalue weighted by molar-refractivity contribution is 5.85. The summed E-state index contributed by atoms with van der Waals surface area (Å²) in [4.78, 5) is 0. The molecule has 1 saturated carbocycles. The molecule has 1 aliphatic carbocycles. The van der Waals surface area contributed by atoms with E-state index in [2.05, 4.69) is 6.42 Å². The summed E-state index contributed by atoms with van der Waals surface area (Å²) in [6.45, 7) is 0. The van der Waals surface area contributed by atoms with E-state index < -0.39 is 0 Å². The van der Waals surface area contributed by atoms with E-state index in [1.807, 2.05) is 0 Å². The van der Waals surface area contributed by atoms with E-state index in [4.69, 9.17) is 0 Å². The Balaban J connectivity index is 0.000000360. The molecule has 0 amide bonds. The quantitative estimate of drug-likeness (QED) is 0.460. The SMILES string of the molecule is Cl.[CH]1CCCCC1. The van der Waals surface area contributed by atoms with Gasteiger partial charge in [-0.25, -0.2) is 0 Å². The summed E-state index contributed by atoms with van der Waals surface area (Å²) in [5.74, 6) is 0. The zero-order valence-electron chi connectivity index (χ0n) is 4.52. The van der Waals surface area contributed by atoms with Gasteiger partial charge in [-0.2, -0.15) is 0 Å². The fraction of sp³-hybridized carbons (Fsp3) is 0.833. The Morgan fingerprint density at radius 3 is 1.57 bits per heavy atom. The van der Waals surface area contributed by atoms with E-state index in [1.165, 1.54) is 32.1 Å². The molecule has 7 heavy (non-hydrogen) atoms. The first-order chi connectivity index (χ1) is 3.00. The van der Waals surface area contributed by atoms with E-state index in [1.54, 1.807) is 0 Å². The van der Waals surface area contributed by atoms with E-state index >= 15 is 0 Å². The lowest BCUT2D eigenvalue weighted by Gasteiger charge is -2.05. The molecule has 0 N–H and O–H groups in total. The number of rotatable bonds is 0. The van der Waals surface area contributed by atoms with Gasteiger partial charge in [-0.1, -0.05) is 32.1 Å². The van der Waals surface area contributed by atoms with Crippen LogP contribution >= 0.6 is 12.4 Å². The summed E-state index contributed by atoms with van der Waals surface area (Å²) in [5, 5.41) is 0. The summed E-state index contributed by atoms with van der Waals surface area (Å²) < 4.78 is 0. The van der Waals surface area contributed by atoms with Crippen molar-refractivity contribution in [2.45, 2.75) is 32.1 Å². The van der Waals surface area contributed by atoms with Crippen LogP contribution in [0.3, 0.4) is 0 Å². The molecule has 43 valence electrons. The standard InChI is InChI=1S/C6H11.ClH/c1-2-4-6-5-3-1;/h1H,2-6H2;1H. The summed E-state index contributed by atoms with van der Waals surface area (Å²) >= 11 is 0. The average Bonchev–Trinajstić information content (AvgIpc) is 1.72. The van der Waals surface area contributed by atoms with E-state index in [-0.39, 0.29) is 12.4 Å². The molecule has 0 aromatic carbocycles. The molecule has 1 rings (SSSR count). The molecule has 1 fully saturated rings. The second kappa shape index (κ2) is 4.45. The predicted octanol–water partition coefficient (Wildman–Crippen LogP) is 2.58. The molecule has 0 aromatic heterocycles. The fourth-order valence-electron chi connectivity index (χ4n) is 0.898. The van der Waals surface area contributed by atoms with Crippen LogP contribution in [-0.4, -0.2) is 0 Å². The molecule has 0 aliphatic heterocycles. The third-order valence-electron chi connectivity index (χ3n) is 1.32. The lowest BCUT2D eigenvalue weighted by atomic mass is 10.0. The number of hydrogen-bond donors (Lipinski definition) is 0. The lowest BCUT2D eigenvalue weighted by molar-refractivity contribution is 0.593. The highest BCUT2D eigenvalue weighted by Crippen LogP contribution is 2.14. The zero-order valence-corrected chi connectivity index (χ0v) is 5.34. The van der Waals surface area contributed by atoms with Gasteiger partial charge in [0.1, 0.15) is 0 Å². The Labute approximate surface area is 51.7 Å². The Bertz CT molecular complexity index is 19.7.